The first kappa shape index (κ1) is 25.1. The molecule has 6 nitrogen and oxygen atoms in total. The SMILES string of the molecule is COc1ccc(CCN(C)CCCNC(=O)CC=Cc2ccc(-n3cccc3)cc2)cc1OC. The highest BCUT2D eigenvalue weighted by Gasteiger charge is 2.06. The quantitative estimate of drug-likeness (QED) is 0.379. The van der Waals surface area contributed by atoms with Gasteiger partial charge in [0.15, 0.2) is 11.5 Å². The second-order valence-electron chi connectivity index (χ2n) is 8.23. The minimum atomic E-state index is 0.0493. The van der Waals surface area contributed by atoms with Crippen molar-refractivity contribution in [3.63, 3.8) is 0 Å². The molecule has 0 aliphatic heterocycles. The van der Waals surface area contributed by atoms with Crippen molar-refractivity contribution in [2.75, 3.05) is 40.9 Å². The molecule has 0 saturated heterocycles. The van der Waals surface area contributed by atoms with Crippen LogP contribution in [0.2, 0.25) is 0 Å². The van der Waals surface area contributed by atoms with E-state index in [1.165, 1.54) is 5.56 Å². The molecule has 34 heavy (non-hydrogen) atoms. The Hall–Kier alpha value is -3.51. The van der Waals surface area contributed by atoms with Gasteiger partial charge in [-0.05, 0) is 74.0 Å². The summed E-state index contributed by atoms with van der Waals surface area (Å²) in [6.07, 6.45) is 10.2. The number of amides is 1. The van der Waals surface area contributed by atoms with Crippen LogP contribution in [0.4, 0.5) is 0 Å². The van der Waals surface area contributed by atoms with Gasteiger partial charge in [0.25, 0.3) is 0 Å². The zero-order valence-corrected chi connectivity index (χ0v) is 20.4. The normalized spacial score (nSPS) is 11.2. The zero-order chi connectivity index (χ0) is 24.2. The third kappa shape index (κ3) is 7.81. The van der Waals surface area contributed by atoms with Crippen LogP contribution in [0.1, 0.15) is 24.0 Å². The molecule has 3 aromatic rings. The van der Waals surface area contributed by atoms with Gasteiger partial charge in [-0.1, -0.05) is 30.4 Å². The van der Waals surface area contributed by atoms with Crippen molar-refractivity contribution in [2.24, 2.45) is 0 Å². The molecule has 3 rings (SSSR count). The Labute approximate surface area is 202 Å². The Balaban J connectivity index is 1.30. The van der Waals surface area contributed by atoms with E-state index in [1.807, 2.05) is 48.8 Å². The van der Waals surface area contributed by atoms with Crippen LogP contribution in [0.15, 0.2) is 73.1 Å². The van der Waals surface area contributed by atoms with Crippen LogP contribution in [0, 0.1) is 0 Å². The average molecular weight is 462 g/mol. The maximum absolute atomic E-state index is 12.1. The van der Waals surface area contributed by atoms with E-state index < -0.39 is 0 Å². The molecule has 0 unspecified atom stereocenters. The fourth-order valence-corrected chi connectivity index (χ4v) is 3.68. The van der Waals surface area contributed by atoms with Crippen molar-refractivity contribution in [1.82, 2.24) is 14.8 Å². The summed E-state index contributed by atoms with van der Waals surface area (Å²) in [5, 5.41) is 3.00. The number of likely N-dealkylation sites (N-methyl/N-ethyl adjacent to an activating group) is 1. The van der Waals surface area contributed by atoms with Gasteiger partial charge in [0.1, 0.15) is 0 Å². The number of methoxy groups -OCH3 is 2. The molecule has 0 aliphatic carbocycles. The topological polar surface area (TPSA) is 55.7 Å². The standard InChI is InChI=1S/C28H35N3O3/c1-30(21-16-24-12-15-26(33-2)27(22-24)34-3)18-7-17-29-28(32)9-6-8-23-10-13-25(14-11-23)31-19-4-5-20-31/h4-6,8,10-15,19-20,22H,7,9,16-18,21H2,1-3H3,(H,29,32). The zero-order valence-electron chi connectivity index (χ0n) is 20.4. The number of aromatic nitrogens is 1. The number of hydrogen-bond acceptors (Lipinski definition) is 4. The largest absolute Gasteiger partial charge is 0.493 e. The van der Waals surface area contributed by atoms with Gasteiger partial charge in [0.05, 0.1) is 14.2 Å². The van der Waals surface area contributed by atoms with Crippen molar-refractivity contribution in [1.29, 1.82) is 0 Å². The van der Waals surface area contributed by atoms with Gasteiger partial charge in [-0.25, -0.2) is 0 Å². The van der Waals surface area contributed by atoms with E-state index in [-0.39, 0.29) is 5.91 Å². The number of rotatable bonds is 13. The predicted molar refractivity (Wildman–Crippen MR) is 138 cm³/mol. The maximum Gasteiger partial charge on any atom is 0.223 e. The number of benzene rings is 2. The molecule has 0 bridgehead atoms. The molecule has 180 valence electrons. The number of nitrogens with zero attached hydrogens (tertiary/aromatic N) is 2. The Bertz CT molecular complexity index is 1040. The third-order valence-electron chi connectivity index (χ3n) is 5.68. The van der Waals surface area contributed by atoms with Crippen LogP contribution >= 0.6 is 0 Å². The van der Waals surface area contributed by atoms with Gasteiger partial charge in [-0.15, -0.1) is 0 Å². The highest BCUT2D eigenvalue weighted by Crippen LogP contribution is 2.27. The highest BCUT2D eigenvalue weighted by molar-refractivity contribution is 5.78. The van der Waals surface area contributed by atoms with Gasteiger partial charge >= 0.3 is 0 Å². The molecule has 1 N–H and O–H groups in total. The molecule has 0 spiro atoms. The van der Waals surface area contributed by atoms with Crippen LogP contribution < -0.4 is 14.8 Å². The molecular formula is C28H35N3O3. The number of carbonyl (C=O) groups excluding carboxylic acids is 1. The third-order valence-corrected chi connectivity index (χ3v) is 5.68. The van der Waals surface area contributed by atoms with E-state index in [2.05, 4.69) is 52.2 Å². The smallest absolute Gasteiger partial charge is 0.223 e. The molecule has 0 radical (unpaired) electrons. The lowest BCUT2D eigenvalue weighted by Crippen LogP contribution is -2.28. The number of carbonyl (C=O) groups is 1. The van der Waals surface area contributed by atoms with E-state index >= 15 is 0 Å². The fraction of sp³-hybridized carbons (Fsp3) is 0.321. The first-order chi connectivity index (χ1) is 16.6. The lowest BCUT2D eigenvalue weighted by Gasteiger charge is -2.17. The molecule has 6 heteroatoms. The molecule has 1 amide bonds. The summed E-state index contributed by atoms with van der Waals surface area (Å²) in [5.41, 5.74) is 3.41. The van der Waals surface area contributed by atoms with Crippen molar-refractivity contribution in [3.8, 4) is 17.2 Å². The van der Waals surface area contributed by atoms with Gasteiger partial charge in [-0.2, -0.15) is 0 Å². The summed E-state index contributed by atoms with van der Waals surface area (Å²) in [7, 11) is 5.40. The summed E-state index contributed by atoms with van der Waals surface area (Å²) in [6, 6.07) is 18.3. The summed E-state index contributed by atoms with van der Waals surface area (Å²) < 4.78 is 12.7. The molecule has 0 atom stereocenters. The van der Waals surface area contributed by atoms with Crippen LogP contribution in [-0.2, 0) is 11.2 Å². The van der Waals surface area contributed by atoms with Crippen molar-refractivity contribution in [3.05, 3.63) is 84.2 Å². The van der Waals surface area contributed by atoms with E-state index in [9.17, 15) is 4.79 Å². The van der Waals surface area contributed by atoms with Crippen LogP contribution in [0.5, 0.6) is 11.5 Å². The van der Waals surface area contributed by atoms with Crippen LogP contribution in [0.25, 0.3) is 11.8 Å². The van der Waals surface area contributed by atoms with E-state index in [0.717, 1.165) is 48.7 Å². The molecule has 1 heterocycles. The molecular weight excluding hydrogens is 426 g/mol. The monoisotopic (exact) mass is 461 g/mol. The minimum Gasteiger partial charge on any atom is -0.493 e. The summed E-state index contributed by atoms with van der Waals surface area (Å²) in [6.45, 7) is 2.55. The Kier molecular flexibility index (Phi) is 9.80. The Morgan fingerprint density at radius 1 is 1.00 bits per heavy atom. The van der Waals surface area contributed by atoms with Gasteiger partial charge in [-0.3, -0.25) is 4.79 Å². The van der Waals surface area contributed by atoms with Crippen molar-refractivity contribution in [2.45, 2.75) is 19.3 Å². The van der Waals surface area contributed by atoms with Crippen LogP contribution in [-0.4, -0.2) is 56.3 Å². The second kappa shape index (κ2) is 13.3. The minimum absolute atomic E-state index is 0.0493. The van der Waals surface area contributed by atoms with E-state index in [1.54, 1.807) is 14.2 Å². The lowest BCUT2D eigenvalue weighted by molar-refractivity contribution is -0.120. The lowest BCUT2D eigenvalue weighted by atomic mass is 10.1. The summed E-state index contributed by atoms with van der Waals surface area (Å²) in [4.78, 5) is 14.4. The van der Waals surface area contributed by atoms with Crippen LogP contribution in [0.3, 0.4) is 0 Å². The van der Waals surface area contributed by atoms with Gasteiger partial charge < -0.3 is 24.3 Å². The average Bonchev–Trinajstić information content (AvgIpc) is 3.40. The molecule has 0 saturated carbocycles. The Morgan fingerprint density at radius 2 is 1.74 bits per heavy atom. The van der Waals surface area contributed by atoms with Crippen molar-refractivity contribution >= 4 is 12.0 Å². The van der Waals surface area contributed by atoms with Gasteiger partial charge in [0, 0.05) is 37.6 Å². The maximum atomic E-state index is 12.1. The molecule has 1 aromatic heterocycles. The highest BCUT2D eigenvalue weighted by atomic mass is 16.5. The molecule has 2 aromatic carbocycles. The van der Waals surface area contributed by atoms with Gasteiger partial charge in [0.2, 0.25) is 5.91 Å². The number of nitrogens with one attached hydrogen (secondary N) is 1. The number of ether oxygens (including phenoxy) is 2. The Morgan fingerprint density at radius 3 is 2.44 bits per heavy atom. The summed E-state index contributed by atoms with van der Waals surface area (Å²) >= 11 is 0. The fourth-order valence-electron chi connectivity index (χ4n) is 3.68. The molecule has 0 fully saturated rings. The first-order valence-corrected chi connectivity index (χ1v) is 11.6. The number of hydrogen-bond donors (Lipinski definition) is 1. The molecule has 0 aliphatic rings. The van der Waals surface area contributed by atoms with E-state index in [4.69, 9.17) is 9.47 Å². The predicted octanol–water partition coefficient (Wildman–Crippen LogP) is 4.58. The van der Waals surface area contributed by atoms with E-state index in [0.29, 0.717) is 13.0 Å². The second-order valence-corrected chi connectivity index (χ2v) is 8.23. The summed E-state index contributed by atoms with van der Waals surface area (Å²) in [5.74, 6) is 1.55. The van der Waals surface area contributed by atoms with Crippen molar-refractivity contribution < 1.29 is 14.3 Å². The first-order valence-electron chi connectivity index (χ1n) is 11.6.